The first-order valence-corrected chi connectivity index (χ1v) is 6.12. The Balaban J connectivity index is 2.46. The molecule has 102 valence electrons. The molecule has 0 spiro atoms. The lowest BCUT2D eigenvalue weighted by Crippen LogP contribution is -2.59. The summed E-state index contributed by atoms with van der Waals surface area (Å²) < 4.78 is 4.73. The van der Waals surface area contributed by atoms with Crippen molar-refractivity contribution < 1.29 is 19.4 Å². The third-order valence-electron chi connectivity index (χ3n) is 3.65. The minimum Gasteiger partial charge on any atom is -0.467 e. The molecule has 1 fully saturated rings. The molecule has 1 amide bonds. The van der Waals surface area contributed by atoms with Gasteiger partial charge in [0.25, 0.3) is 0 Å². The quantitative estimate of drug-likeness (QED) is 0.796. The summed E-state index contributed by atoms with van der Waals surface area (Å²) in [6.45, 7) is 0. The van der Waals surface area contributed by atoms with Gasteiger partial charge in [0.05, 0.1) is 7.11 Å². The number of esters is 1. The first-order chi connectivity index (χ1) is 9.00. The zero-order valence-corrected chi connectivity index (χ0v) is 11.0. The maximum absolute atomic E-state index is 11.9. The van der Waals surface area contributed by atoms with E-state index >= 15 is 0 Å². The van der Waals surface area contributed by atoms with E-state index in [-0.39, 0.29) is 18.7 Å². The number of nitrogens with zero attached hydrogens (tertiary/aromatic N) is 1. The van der Waals surface area contributed by atoms with Gasteiger partial charge in [-0.1, -0.05) is 30.3 Å². The summed E-state index contributed by atoms with van der Waals surface area (Å²) in [5.74, 6) is -0.780. The topological polar surface area (TPSA) is 66.8 Å². The standard InChI is InChI=1S/C14H17NO4/c1-15-11(16)8-9-14(18,12(15)13(17)19-2)10-6-4-3-5-7-10/h3-7,12,18H,8-9H2,1-2H3/t12-,14+/m0/s1. The van der Waals surface area contributed by atoms with Gasteiger partial charge in [-0.05, 0) is 12.0 Å². The summed E-state index contributed by atoms with van der Waals surface area (Å²) in [5.41, 5.74) is -0.790. The number of amides is 1. The predicted octanol–water partition coefficient (Wildman–Crippen LogP) is 0.668. The molecule has 0 radical (unpaired) electrons. The Hall–Kier alpha value is -1.88. The molecule has 2 atom stereocenters. The van der Waals surface area contributed by atoms with E-state index in [4.69, 9.17) is 4.74 Å². The van der Waals surface area contributed by atoms with Crippen molar-refractivity contribution in [1.29, 1.82) is 0 Å². The van der Waals surface area contributed by atoms with Crippen LogP contribution in [0.4, 0.5) is 0 Å². The number of piperidine rings is 1. The maximum Gasteiger partial charge on any atom is 0.331 e. The number of methoxy groups -OCH3 is 1. The van der Waals surface area contributed by atoms with E-state index in [1.807, 2.05) is 6.07 Å². The Kier molecular flexibility index (Phi) is 3.57. The highest BCUT2D eigenvalue weighted by molar-refractivity contribution is 5.87. The molecule has 0 aliphatic carbocycles. The molecule has 1 aliphatic rings. The van der Waals surface area contributed by atoms with Gasteiger partial charge >= 0.3 is 5.97 Å². The molecule has 19 heavy (non-hydrogen) atoms. The Morgan fingerprint density at radius 1 is 1.42 bits per heavy atom. The van der Waals surface area contributed by atoms with Crippen LogP contribution in [0.3, 0.4) is 0 Å². The van der Waals surface area contributed by atoms with Crippen LogP contribution in [0.25, 0.3) is 0 Å². The zero-order chi connectivity index (χ0) is 14.0. The van der Waals surface area contributed by atoms with Crippen LogP contribution in [0, 0.1) is 0 Å². The minimum atomic E-state index is -1.41. The van der Waals surface area contributed by atoms with E-state index in [0.29, 0.717) is 5.56 Å². The molecule has 1 aliphatic heterocycles. The molecular formula is C14H17NO4. The van der Waals surface area contributed by atoms with Crippen molar-refractivity contribution in [3.05, 3.63) is 35.9 Å². The van der Waals surface area contributed by atoms with Gasteiger partial charge in [0.15, 0.2) is 6.04 Å². The van der Waals surface area contributed by atoms with Gasteiger partial charge in [0, 0.05) is 13.5 Å². The van der Waals surface area contributed by atoms with Crippen LogP contribution in [0.5, 0.6) is 0 Å². The lowest BCUT2D eigenvalue weighted by atomic mass is 9.78. The normalized spacial score (nSPS) is 27.2. The molecule has 1 saturated heterocycles. The van der Waals surface area contributed by atoms with Gasteiger partial charge < -0.3 is 14.7 Å². The van der Waals surface area contributed by atoms with Crippen LogP contribution < -0.4 is 0 Å². The second kappa shape index (κ2) is 5.01. The van der Waals surface area contributed by atoms with Crippen molar-refractivity contribution in [2.45, 2.75) is 24.5 Å². The molecule has 1 aromatic rings. The number of carbonyl (C=O) groups is 2. The Morgan fingerprint density at radius 3 is 2.63 bits per heavy atom. The van der Waals surface area contributed by atoms with Crippen molar-refractivity contribution in [3.63, 3.8) is 0 Å². The summed E-state index contributed by atoms with van der Waals surface area (Å²) >= 11 is 0. The molecule has 0 bridgehead atoms. The summed E-state index contributed by atoms with van der Waals surface area (Å²) in [6, 6.07) is 7.90. The van der Waals surface area contributed by atoms with Crippen LogP contribution in [0.15, 0.2) is 30.3 Å². The van der Waals surface area contributed by atoms with Crippen LogP contribution in [-0.2, 0) is 19.9 Å². The average Bonchev–Trinajstić information content (AvgIpc) is 2.44. The second-order valence-electron chi connectivity index (χ2n) is 4.72. The van der Waals surface area contributed by atoms with E-state index in [2.05, 4.69) is 0 Å². The van der Waals surface area contributed by atoms with Gasteiger partial charge in [-0.15, -0.1) is 0 Å². The number of rotatable bonds is 2. The van der Waals surface area contributed by atoms with Gasteiger partial charge in [-0.3, -0.25) is 4.79 Å². The fraction of sp³-hybridized carbons (Fsp3) is 0.429. The van der Waals surface area contributed by atoms with Crippen LogP contribution in [-0.4, -0.2) is 42.1 Å². The molecule has 0 saturated carbocycles. The second-order valence-corrected chi connectivity index (χ2v) is 4.72. The Morgan fingerprint density at radius 2 is 2.05 bits per heavy atom. The van der Waals surface area contributed by atoms with Crippen molar-refractivity contribution in [3.8, 4) is 0 Å². The molecule has 5 heteroatoms. The van der Waals surface area contributed by atoms with Crippen molar-refractivity contribution >= 4 is 11.9 Å². The van der Waals surface area contributed by atoms with Crippen molar-refractivity contribution in [2.24, 2.45) is 0 Å². The van der Waals surface area contributed by atoms with E-state index in [1.165, 1.54) is 19.1 Å². The van der Waals surface area contributed by atoms with Crippen molar-refractivity contribution in [2.75, 3.05) is 14.2 Å². The zero-order valence-electron chi connectivity index (χ0n) is 11.0. The molecule has 1 aromatic carbocycles. The van der Waals surface area contributed by atoms with Crippen LogP contribution in [0.2, 0.25) is 0 Å². The van der Waals surface area contributed by atoms with Crippen molar-refractivity contribution in [1.82, 2.24) is 4.90 Å². The largest absolute Gasteiger partial charge is 0.467 e. The first-order valence-electron chi connectivity index (χ1n) is 6.12. The van der Waals surface area contributed by atoms with E-state index in [1.54, 1.807) is 24.3 Å². The number of carbonyl (C=O) groups excluding carboxylic acids is 2. The highest BCUT2D eigenvalue weighted by Gasteiger charge is 2.50. The molecule has 5 nitrogen and oxygen atoms in total. The number of hydrogen-bond acceptors (Lipinski definition) is 4. The molecule has 0 aromatic heterocycles. The number of likely N-dealkylation sites (N-methyl/N-ethyl adjacent to an activating group) is 1. The Bertz CT molecular complexity index is 487. The van der Waals surface area contributed by atoms with Gasteiger partial charge in [-0.2, -0.15) is 0 Å². The van der Waals surface area contributed by atoms with Crippen LogP contribution >= 0.6 is 0 Å². The summed E-state index contributed by atoms with van der Waals surface area (Å²) in [7, 11) is 2.76. The first kappa shape index (κ1) is 13.5. The van der Waals surface area contributed by atoms with Gasteiger partial charge in [-0.25, -0.2) is 4.79 Å². The monoisotopic (exact) mass is 263 g/mol. The molecule has 0 unspecified atom stereocenters. The fourth-order valence-electron chi connectivity index (χ4n) is 2.57. The molecule has 1 N–H and O–H groups in total. The highest BCUT2D eigenvalue weighted by Crippen LogP contribution is 2.37. The average molecular weight is 263 g/mol. The number of ether oxygens (including phenoxy) is 1. The summed E-state index contributed by atoms with van der Waals surface area (Å²) in [5, 5.41) is 10.9. The summed E-state index contributed by atoms with van der Waals surface area (Å²) in [4.78, 5) is 25.0. The lowest BCUT2D eigenvalue weighted by molar-refractivity contribution is -0.173. The number of benzene rings is 1. The Labute approximate surface area is 111 Å². The molecule has 2 rings (SSSR count). The number of likely N-dealkylation sites (tertiary alicyclic amines) is 1. The number of aliphatic hydroxyl groups is 1. The van der Waals surface area contributed by atoms with Gasteiger partial charge in [0.1, 0.15) is 5.60 Å². The number of hydrogen-bond donors (Lipinski definition) is 1. The molecular weight excluding hydrogens is 246 g/mol. The van der Waals surface area contributed by atoms with Crippen LogP contribution in [0.1, 0.15) is 18.4 Å². The summed E-state index contributed by atoms with van der Waals surface area (Å²) in [6.07, 6.45) is 0.412. The SMILES string of the molecule is COC(=O)[C@@H]1N(C)C(=O)CC[C@@]1(O)c1ccccc1. The van der Waals surface area contributed by atoms with E-state index in [9.17, 15) is 14.7 Å². The minimum absolute atomic E-state index is 0.170. The van der Waals surface area contributed by atoms with Gasteiger partial charge in [0.2, 0.25) is 5.91 Å². The third-order valence-corrected chi connectivity index (χ3v) is 3.65. The third kappa shape index (κ3) is 2.21. The smallest absolute Gasteiger partial charge is 0.331 e. The highest BCUT2D eigenvalue weighted by atomic mass is 16.5. The lowest BCUT2D eigenvalue weighted by Gasteiger charge is -2.43. The van der Waals surface area contributed by atoms with E-state index in [0.717, 1.165) is 0 Å². The predicted molar refractivity (Wildman–Crippen MR) is 68.1 cm³/mol. The van der Waals surface area contributed by atoms with E-state index < -0.39 is 17.6 Å². The fourth-order valence-corrected chi connectivity index (χ4v) is 2.57. The maximum atomic E-state index is 11.9. The molecule has 1 heterocycles.